The Labute approximate surface area is 177 Å². The fraction of sp³-hybridized carbons (Fsp3) is 0.450. The molecule has 0 N–H and O–H groups in total. The minimum Gasteiger partial charge on any atom is -0.467 e. The van der Waals surface area contributed by atoms with Crippen LogP contribution >= 0.6 is 11.8 Å². The van der Waals surface area contributed by atoms with Gasteiger partial charge < -0.3 is 8.83 Å². The molecule has 1 unspecified atom stereocenters. The van der Waals surface area contributed by atoms with Crippen molar-refractivity contribution in [3.63, 3.8) is 0 Å². The van der Waals surface area contributed by atoms with Crippen molar-refractivity contribution in [2.75, 3.05) is 5.75 Å². The zero-order valence-corrected chi connectivity index (χ0v) is 17.2. The Kier molecular flexibility index (Phi) is 5.39. The standard InChI is InChI=1S/C20H22N6O3S/c27-19(13-30-20-21-23-24-25(20)14-6-2-1-3-7-14)26-16(18-9-5-11-29-18)12-15(22-26)17-8-4-10-28-17/h4-5,8-11,14,16H,1-3,6-7,12-13H2. The highest BCUT2D eigenvalue weighted by Gasteiger charge is 2.36. The first-order valence-corrected chi connectivity index (χ1v) is 11.2. The second-order valence-electron chi connectivity index (χ2n) is 7.48. The van der Waals surface area contributed by atoms with Crippen LogP contribution in [0.3, 0.4) is 0 Å². The van der Waals surface area contributed by atoms with Gasteiger partial charge in [0.1, 0.15) is 23.3 Å². The summed E-state index contributed by atoms with van der Waals surface area (Å²) in [6, 6.07) is 7.36. The zero-order valence-electron chi connectivity index (χ0n) is 16.4. The van der Waals surface area contributed by atoms with E-state index < -0.39 is 0 Å². The van der Waals surface area contributed by atoms with Gasteiger partial charge in [-0.3, -0.25) is 4.79 Å². The van der Waals surface area contributed by atoms with Crippen LogP contribution in [0.1, 0.15) is 62.1 Å². The Morgan fingerprint density at radius 3 is 2.73 bits per heavy atom. The Morgan fingerprint density at radius 1 is 1.13 bits per heavy atom. The Morgan fingerprint density at radius 2 is 1.97 bits per heavy atom. The van der Waals surface area contributed by atoms with Crippen molar-refractivity contribution in [3.05, 3.63) is 48.3 Å². The van der Waals surface area contributed by atoms with E-state index in [1.54, 1.807) is 12.5 Å². The van der Waals surface area contributed by atoms with E-state index in [2.05, 4.69) is 20.6 Å². The Balaban J connectivity index is 1.31. The number of amides is 1. The van der Waals surface area contributed by atoms with Gasteiger partial charge in [-0.25, -0.2) is 9.69 Å². The number of tetrazole rings is 1. The average Bonchev–Trinajstić information content (AvgIpc) is 3.57. The molecule has 5 rings (SSSR count). The highest BCUT2D eigenvalue weighted by molar-refractivity contribution is 7.99. The molecule has 1 aliphatic carbocycles. The minimum absolute atomic E-state index is 0.124. The third-order valence-corrected chi connectivity index (χ3v) is 6.47. The average molecular weight is 427 g/mol. The molecule has 4 heterocycles. The maximum absolute atomic E-state index is 13.1. The first kappa shape index (κ1) is 19.1. The van der Waals surface area contributed by atoms with Crippen LogP contribution in [0.2, 0.25) is 0 Å². The maximum Gasteiger partial charge on any atom is 0.253 e. The first-order valence-electron chi connectivity index (χ1n) is 10.2. The number of hydrogen-bond acceptors (Lipinski definition) is 8. The lowest BCUT2D eigenvalue weighted by Gasteiger charge is -2.22. The molecule has 1 fully saturated rings. The fourth-order valence-corrected chi connectivity index (χ4v) is 4.86. The topological polar surface area (TPSA) is 103 Å². The van der Waals surface area contributed by atoms with Gasteiger partial charge >= 0.3 is 0 Å². The predicted octanol–water partition coefficient (Wildman–Crippen LogP) is 3.83. The highest BCUT2D eigenvalue weighted by Crippen LogP contribution is 2.34. The largest absolute Gasteiger partial charge is 0.467 e. The van der Waals surface area contributed by atoms with E-state index >= 15 is 0 Å². The van der Waals surface area contributed by atoms with Crippen molar-refractivity contribution >= 4 is 23.4 Å². The smallest absolute Gasteiger partial charge is 0.253 e. The van der Waals surface area contributed by atoms with E-state index in [4.69, 9.17) is 8.83 Å². The lowest BCUT2D eigenvalue weighted by molar-refractivity contribution is -0.130. The monoisotopic (exact) mass is 426 g/mol. The van der Waals surface area contributed by atoms with Gasteiger partial charge in [-0.15, -0.1) is 5.10 Å². The van der Waals surface area contributed by atoms with Crippen LogP contribution in [0.5, 0.6) is 0 Å². The molecule has 0 saturated heterocycles. The highest BCUT2D eigenvalue weighted by atomic mass is 32.2. The van der Waals surface area contributed by atoms with E-state index in [1.165, 1.54) is 36.0 Å². The molecule has 1 amide bonds. The van der Waals surface area contributed by atoms with Crippen molar-refractivity contribution in [2.45, 2.75) is 55.8 Å². The Bertz CT molecular complexity index is 1010. The molecule has 1 aliphatic heterocycles. The molecule has 3 aromatic heterocycles. The summed E-state index contributed by atoms with van der Waals surface area (Å²) in [5.41, 5.74) is 0.729. The molecule has 0 aromatic carbocycles. The third-order valence-electron chi connectivity index (χ3n) is 5.55. The molecule has 10 heteroatoms. The first-order chi connectivity index (χ1) is 14.8. The van der Waals surface area contributed by atoms with Gasteiger partial charge in [-0.1, -0.05) is 31.0 Å². The molecule has 3 aromatic rings. The molecule has 0 spiro atoms. The maximum atomic E-state index is 13.1. The van der Waals surface area contributed by atoms with Gasteiger partial charge in [0.25, 0.3) is 5.91 Å². The predicted molar refractivity (Wildman–Crippen MR) is 109 cm³/mol. The summed E-state index contributed by atoms with van der Waals surface area (Å²) in [5.74, 6) is 1.43. The lowest BCUT2D eigenvalue weighted by Crippen LogP contribution is -2.28. The minimum atomic E-state index is -0.289. The summed E-state index contributed by atoms with van der Waals surface area (Å²) in [6.07, 6.45) is 9.55. The second kappa shape index (κ2) is 8.47. The summed E-state index contributed by atoms with van der Waals surface area (Å²) in [5, 5.41) is 18.9. The fourth-order valence-electron chi connectivity index (χ4n) is 4.06. The molecule has 0 bridgehead atoms. The molecular formula is C20H22N6O3S. The van der Waals surface area contributed by atoms with E-state index in [1.807, 2.05) is 28.9 Å². The summed E-state index contributed by atoms with van der Waals surface area (Å²) < 4.78 is 12.9. The molecule has 9 nitrogen and oxygen atoms in total. The van der Waals surface area contributed by atoms with Crippen LogP contribution < -0.4 is 0 Å². The Hall–Kier alpha value is -2.88. The van der Waals surface area contributed by atoms with Gasteiger partial charge in [-0.05, 0) is 47.5 Å². The molecule has 1 atom stereocenters. The van der Waals surface area contributed by atoms with Crippen LogP contribution in [-0.2, 0) is 4.79 Å². The number of carbonyl (C=O) groups is 1. The van der Waals surface area contributed by atoms with Crippen LogP contribution in [0.25, 0.3) is 0 Å². The van der Waals surface area contributed by atoms with E-state index in [0.29, 0.717) is 29.1 Å². The zero-order chi connectivity index (χ0) is 20.3. The van der Waals surface area contributed by atoms with Crippen molar-refractivity contribution in [1.29, 1.82) is 0 Å². The summed E-state index contributed by atoms with van der Waals surface area (Å²) in [4.78, 5) is 13.1. The van der Waals surface area contributed by atoms with Crippen molar-refractivity contribution in [1.82, 2.24) is 25.2 Å². The van der Waals surface area contributed by atoms with Gasteiger partial charge in [0.15, 0.2) is 0 Å². The molecular weight excluding hydrogens is 404 g/mol. The van der Waals surface area contributed by atoms with Crippen LogP contribution in [0, 0.1) is 0 Å². The number of hydrogen-bond donors (Lipinski definition) is 0. The van der Waals surface area contributed by atoms with Crippen LogP contribution in [-0.4, -0.2) is 42.6 Å². The number of carbonyl (C=O) groups excluding carboxylic acids is 1. The van der Waals surface area contributed by atoms with Gasteiger partial charge in [-0.2, -0.15) is 5.10 Å². The summed E-state index contributed by atoms with van der Waals surface area (Å²) in [6.45, 7) is 0. The van der Waals surface area contributed by atoms with E-state index in [0.717, 1.165) is 18.6 Å². The number of hydrazone groups is 1. The molecule has 30 heavy (non-hydrogen) atoms. The molecule has 0 radical (unpaired) electrons. The molecule has 156 valence electrons. The van der Waals surface area contributed by atoms with Gasteiger partial charge in [0.2, 0.25) is 5.16 Å². The van der Waals surface area contributed by atoms with Crippen molar-refractivity contribution in [3.8, 4) is 0 Å². The lowest BCUT2D eigenvalue weighted by atomic mass is 9.96. The number of nitrogens with zero attached hydrogens (tertiary/aromatic N) is 6. The number of rotatable bonds is 6. The number of thioether (sulfide) groups is 1. The van der Waals surface area contributed by atoms with E-state index in [-0.39, 0.29) is 17.7 Å². The third kappa shape index (κ3) is 3.79. The van der Waals surface area contributed by atoms with Crippen LogP contribution in [0.15, 0.2) is 55.9 Å². The number of furan rings is 2. The summed E-state index contributed by atoms with van der Waals surface area (Å²) >= 11 is 1.35. The van der Waals surface area contributed by atoms with E-state index in [9.17, 15) is 4.79 Å². The molecule has 1 saturated carbocycles. The van der Waals surface area contributed by atoms with Gasteiger partial charge in [0.05, 0.1) is 24.3 Å². The SMILES string of the molecule is O=C(CSc1nnnn1C1CCCCC1)N1N=C(c2ccco2)CC1c1ccco1. The van der Waals surface area contributed by atoms with Crippen molar-refractivity contribution in [2.24, 2.45) is 5.10 Å². The van der Waals surface area contributed by atoms with Gasteiger partial charge in [0, 0.05) is 6.42 Å². The number of aromatic nitrogens is 4. The molecule has 2 aliphatic rings. The quantitative estimate of drug-likeness (QED) is 0.552. The second-order valence-corrected chi connectivity index (χ2v) is 8.43. The van der Waals surface area contributed by atoms with Crippen molar-refractivity contribution < 1.29 is 13.6 Å². The van der Waals surface area contributed by atoms with Crippen LogP contribution in [0.4, 0.5) is 0 Å². The normalized spacial score (nSPS) is 19.9. The summed E-state index contributed by atoms with van der Waals surface area (Å²) in [7, 11) is 0.